The number of hydrogen-bond acceptors (Lipinski definition) is 4. The van der Waals surface area contributed by atoms with Crippen molar-refractivity contribution in [1.29, 1.82) is 0 Å². The summed E-state index contributed by atoms with van der Waals surface area (Å²) in [6.45, 7) is 1.92. The molecule has 0 bridgehead atoms. The highest BCUT2D eigenvalue weighted by Crippen LogP contribution is 2.23. The summed E-state index contributed by atoms with van der Waals surface area (Å²) in [5, 5.41) is 8.82. The molecule has 0 unspecified atom stereocenters. The fourth-order valence-electron chi connectivity index (χ4n) is 1.80. The molecule has 1 N–H and O–H groups in total. The molecule has 5 heteroatoms. The number of para-hydroxylation sites is 1. The van der Waals surface area contributed by atoms with Crippen molar-refractivity contribution >= 4 is 11.3 Å². The number of benzene rings is 1. The van der Waals surface area contributed by atoms with E-state index in [1.165, 1.54) is 6.07 Å². The fraction of sp³-hybridized carbons (Fsp3) is 0.0667. The minimum absolute atomic E-state index is 0.0552. The molecule has 0 aliphatic rings. The molecule has 0 spiro atoms. The Labute approximate surface area is 119 Å². The molecule has 0 saturated carbocycles. The van der Waals surface area contributed by atoms with Crippen molar-refractivity contribution in [2.24, 2.45) is 0 Å². The van der Waals surface area contributed by atoms with E-state index in [2.05, 4.69) is 10.2 Å². The van der Waals surface area contributed by atoms with Crippen molar-refractivity contribution in [3.8, 4) is 22.2 Å². The Balaban J connectivity index is 1.93. The Bertz CT molecular complexity index is 779. The van der Waals surface area contributed by atoms with Gasteiger partial charge in [-0.2, -0.15) is 0 Å². The van der Waals surface area contributed by atoms with Crippen molar-refractivity contribution < 1.29 is 4.74 Å². The monoisotopic (exact) mass is 284 g/mol. The van der Waals surface area contributed by atoms with E-state index in [1.54, 1.807) is 11.3 Å². The Hall–Kier alpha value is -2.40. The predicted molar refractivity (Wildman–Crippen MR) is 79.4 cm³/mol. The van der Waals surface area contributed by atoms with Crippen LogP contribution >= 0.6 is 11.3 Å². The largest absolute Gasteiger partial charge is 0.435 e. The van der Waals surface area contributed by atoms with Crippen LogP contribution in [0.5, 0.6) is 11.6 Å². The van der Waals surface area contributed by atoms with Crippen LogP contribution < -0.4 is 10.2 Å². The van der Waals surface area contributed by atoms with Crippen LogP contribution in [-0.2, 0) is 0 Å². The molecule has 4 nitrogen and oxygen atoms in total. The molecule has 2 aromatic heterocycles. The number of rotatable bonds is 3. The molecule has 0 saturated heterocycles. The Morgan fingerprint density at radius 2 is 2.05 bits per heavy atom. The van der Waals surface area contributed by atoms with Gasteiger partial charge in [0.1, 0.15) is 5.75 Å². The number of aromatic nitrogens is 2. The molecule has 3 rings (SSSR count). The van der Waals surface area contributed by atoms with E-state index in [1.807, 2.05) is 48.7 Å². The van der Waals surface area contributed by atoms with Crippen molar-refractivity contribution in [3.05, 3.63) is 63.6 Å². The number of thiophene rings is 1. The van der Waals surface area contributed by atoms with Gasteiger partial charge in [-0.3, -0.25) is 9.89 Å². The number of hydrogen-bond donors (Lipinski definition) is 1. The lowest BCUT2D eigenvalue weighted by molar-refractivity contribution is 0.447. The third-order valence-corrected chi connectivity index (χ3v) is 3.75. The quantitative estimate of drug-likeness (QED) is 0.799. The predicted octanol–water partition coefficient (Wildman–Crippen LogP) is 3.60. The topological polar surface area (TPSA) is 55.0 Å². The Kier molecular flexibility index (Phi) is 3.35. The summed E-state index contributed by atoms with van der Waals surface area (Å²) in [5.41, 5.74) is 1.41. The van der Waals surface area contributed by atoms with Crippen LogP contribution in [0.3, 0.4) is 0 Å². The van der Waals surface area contributed by atoms with Gasteiger partial charge in [0.15, 0.2) is 0 Å². The van der Waals surface area contributed by atoms with E-state index in [-0.39, 0.29) is 11.3 Å². The molecule has 2 heterocycles. The van der Waals surface area contributed by atoms with Gasteiger partial charge in [-0.05, 0) is 30.0 Å². The summed E-state index contributed by atoms with van der Waals surface area (Å²) >= 11 is 1.55. The average molecular weight is 284 g/mol. The maximum Gasteiger partial charge on any atom is 0.285 e. The first-order chi connectivity index (χ1) is 9.74. The molecule has 0 atom stereocenters. The smallest absolute Gasteiger partial charge is 0.285 e. The van der Waals surface area contributed by atoms with Gasteiger partial charge in [-0.25, -0.2) is 0 Å². The highest BCUT2D eigenvalue weighted by molar-refractivity contribution is 7.13. The van der Waals surface area contributed by atoms with E-state index in [4.69, 9.17) is 4.74 Å². The number of ether oxygens (including phenoxy) is 1. The number of aromatic amines is 1. The molecule has 0 fully saturated rings. The highest BCUT2D eigenvalue weighted by Gasteiger charge is 2.08. The molecule has 0 aliphatic carbocycles. The lowest BCUT2D eigenvalue weighted by Gasteiger charge is -2.06. The first kappa shape index (κ1) is 12.6. The van der Waals surface area contributed by atoms with Crippen LogP contribution in [0, 0.1) is 6.92 Å². The van der Waals surface area contributed by atoms with E-state index in [9.17, 15) is 4.79 Å². The maximum absolute atomic E-state index is 12.0. The van der Waals surface area contributed by atoms with E-state index in [0.717, 1.165) is 10.4 Å². The molecule has 0 amide bonds. The number of H-pyrrole nitrogens is 1. The molecule has 3 aromatic rings. The fourth-order valence-corrected chi connectivity index (χ4v) is 2.49. The van der Waals surface area contributed by atoms with Crippen LogP contribution in [0.4, 0.5) is 0 Å². The first-order valence-corrected chi connectivity index (χ1v) is 6.99. The van der Waals surface area contributed by atoms with Crippen LogP contribution in [-0.4, -0.2) is 10.2 Å². The third-order valence-electron chi connectivity index (χ3n) is 2.85. The Morgan fingerprint density at radius 3 is 2.75 bits per heavy atom. The molecule has 0 radical (unpaired) electrons. The van der Waals surface area contributed by atoms with Crippen molar-refractivity contribution in [2.45, 2.75) is 6.92 Å². The average Bonchev–Trinajstić information content (AvgIpc) is 2.97. The minimum atomic E-state index is -0.240. The minimum Gasteiger partial charge on any atom is -0.435 e. The molecule has 1 aromatic carbocycles. The van der Waals surface area contributed by atoms with Gasteiger partial charge < -0.3 is 4.74 Å². The summed E-state index contributed by atoms with van der Waals surface area (Å²) in [7, 11) is 0. The zero-order valence-corrected chi connectivity index (χ0v) is 11.6. The SMILES string of the molecule is Cc1ccccc1Oc1n[nH]c(-c2cccs2)cc1=O. The number of nitrogens with one attached hydrogen (secondary N) is 1. The van der Waals surface area contributed by atoms with Crippen LogP contribution in [0.15, 0.2) is 52.6 Å². The third kappa shape index (κ3) is 2.48. The van der Waals surface area contributed by atoms with Crippen molar-refractivity contribution in [2.75, 3.05) is 0 Å². The molecular weight excluding hydrogens is 272 g/mol. The van der Waals surface area contributed by atoms with Gasteiger partial charge >= 0.3 is 0 Å². The van der Waals surface area contributed by atoms with Crippen molar-refractivity contribution in [1.82, 2.24) is 10.2 Å². The summed E-state index contributed by atoms with van der Waals surface area (Å²) < 4.78 is 5.56. The Morgan fingerprint density at radius 1 is 1.20 bits per heavy atom. The maximum atomic E-state index is 12.0. The van der Waals surface area contributed by atoms with Gasteiger partial charge in [0.2, 0.25) is 5.43 Å². The van der Waals surface area contributed by atoms with Gasteiger partial charge in [0.05, 0.1) is 10.6 Å². The standard InChI is InChI=1S/C15H12N2O2S/c1-10-5-2-3-6-13(10)19-15-12(18)9-11(16-17-15)14-7-4-8-20-14/h2-9H,1H3,(H,16,18). The first-order valence-electron chi connectivity index (χ1n) is 6.11. The van der Waals surface area contributed by atoms with E-state index in [0.29, 0.717) is 11.4 Å². The number of aryl methyl sites for hydroxylation is 1. The van der Waals surface area contributed by atoms with Crippen LogP contribution in [0.1, 0.15) is 5.56 Å². The lowest BCUT2D eigenvalue weighted by Crippen LogP contribution is -2.08. The lowest BCUT2D eigenvalue weighted by atomic mass is 10.2. The second-order valence-corrected chi connectivity index (χ2v) is 5.24. The molecular formula is C15H12N2O2S. The van der Waals surface area contributed by atoms with E-state index >= 15 is 0 Å². The van der Waals surface area contributed by atoms with Gasteiger partial charge in [-0.15, -0.1) is 16.4 Å². The zero-order valence-electron chi connectivity index (χ0n) is 10.8. The van der Waals surface area contributed by atoms with E-state index < -0.39 is 0 Å². The highest BCUT2D eigenvalue weighted by atomic mass is 32.1. The van der Waals surface area contributed by atoms with Gasteiger partial charge in [0, 0.05) is 6.07 Å². The second kappa shape index (κ2) is 5.30. The van der Waals surface area contributed by atoms with Crippen molar-refractivity contribution in [3.63, 3.8) is 0 Å². The zero-order chi connectivity index (χ0) is 13.9. The van der Waals surface area contributed by atoms with Crippen LogP contribution in [0.2, 0.25) is 0 Å². The summed E-state index contributed by atoms with van der Waals surface area (Å²) in [4.78, 5) is 13.0. The molecule has 100 valence electrons. The number of nitrogens with zero attached hydrogens (tertiary/aromatic N) is 1. The molecule has 20 heavy (non-hydrogen) atoms. The van der Waals surface area contributed by atoms with Crippen LogP contribution in [0.25, 0.3) is 10.6 Å². The summed E-state index contributed by atoms with van der Waals surface area (Å²) in [6, 6.07) is 12.9. The summed E-state index contributed by atoms with van der Waals surface area (Å²) in [6.07, 6.45) is 0. The summed E-state index contributed by atoms with van der Waals surface area (Å²) in [5.74, 6) is 0.689. The second-order valence-electron chi connectivity index (χ2n) is 4.30. The molecule has 0 aliphatic heterocycles. The normalized spacial score (nSPS) is 10.4. The van der Waals surface area contributed by atoms with Gasteiger partial charge in [0.25, 0.3) is 5.88 Å². The van der Waals surface area contributed by atoms with Gasteiger partial charge in [-0.1, -0.05) is 24.3 Å².